The minimum Gasteiger partial charge on any atom is -0.478 e. The standard InChI is InChI=1S/C16H19NO2/c1-2-3-4-5-7-12-10-14-13(16(18)19)8-6-9-15(14)17-11-12/h6,8-11H,2-5,7H2,1H3,(H,18,19). The number of fused-ring (bicyclic) bond motifs is 1. The molecule has 3 heteroatoms. The summed E-state index contributed by atoms with van der Waals surface area (Å²) < 4.78 is 0. The molecular formula is C16H19NO2. The van der Waals surface area contributed by atoms with Gasteiger partial charge in [0.2, 0.25) is 0 Å². The van der Waals surface area contributed by atoms with Crippen molar-refractivity contribution in [2.24, 2.45) is 0 Å². The monoisotopic (exact) mass is 257 g/mol. The molecule has 0 radical (unpaired) electrons. The lowest BCUT2D eigenvalue weighted by molar-refractivity contribution is 0.0699. The van der Waals surface area contributed by atoms with Crippen LogP contribution in [0, 0.1) is 0 Å². The third-order valence-corrected chi connectivity index (χ3v) is 3.33. The zero-order valence-corrected chi connectivity index (χ0v) is 11.2. The van der Waals surface area contributed by atoms with Gasteiger partial charge in [-0.2, -0.15) is 0 Å². The Hall–Kier alpha value is -1.90. The van der Waals surface area contributed by atoms with E-state index in [4.69, 9.17) is 0 Å². The number of pyridine rings is 1. The number of aromatic nitrogens is 1. The van der Waals surface area contributed by atoms with Crippen molar-refractivity contribution >= 4 is 16.9 Å². The highest BCUT2D eigenvalue weighted by Gasteiger charge is 2.09. The molecule has 2 aromatic rings. The van der Waals surface area contributed by atoms with Gasteiger partial charge in [-0.15, -0.1) is 0 Å². The van der Waals surface area contributed by atoms with Gasteiger partial charge < -0.3 is 5.11 Å². The lowest BCUT2D eigenvalue weighted by Crippen LogP contribution is -1.99. The Labute approximate surface area is 113 Å². The molecule has 2 rings (SSSR count). The fourth-order valence-corrected chi connectivity index (χ4v) is 2.27. The van der Waals surface area contributed by atoms with Crippen molar-refractivity contribution in [3.63, 3.8) is 0 Å². The molecule has 0 spiro atoms. The summed E-state index contributed by atoms with van der Waals surface area (Å²) in [5, 5.41) is 9.93. The summed E-state index contributed by atoms with van der Waals surface area (Å²) >= 11 is 0. The Balaban J connectivity index is 2.23. The molecule has 0 atom stereocenters. The van der Waals surface area contributed by atoms with E-state index >= 15 is 0 Å². The van der Waals surface area contributed by atoms with Crippen LogP contribution in [0.15, 0.2) is 30.5 Å². The van der Waals surface area contributed by atoms with E-state index in [0.29, 0.717) is 5.56 Å². The molecule has 0 bridgehead atoms. The molecule has 0 fully saturated rings. The summed E-state index contributed by atoms with van der Waals surface area (Å²) in [5.41, 5.74) is 2.20. The molecule has 0 saturated heterocycles. The molecule has 0 saturated carbocycles. The van der Waals surface area contributed by atoms with Crippen LogP contribution in [0.4, 0.5) is 0 Å². The molecule has 1 aromatic heterocycles. The van der Waals surface area contributed by atoms with E-state index in [2.05, 4.69) is 11.9 Å². The van der Waals surface area contributed by atoms with Gasteiger partial charge in [0, 0.05) is 11.6 Å². The van der Waals surface area contributed by atoms with Gasteiger partial charge in [-0.25, -0.2) is 4.79 Å². The van der Waals surface area contributed by atoms with E-state index in [1.165, 1.54) is 19.3 Å². The van der Waals surface area contributed by atoms with Gasteiger partial charge in [0.25, 0.3) is 0 Å². The van der Waals surface area contributed by atoms with Crippen molar-refractivity contribution in [1.82, 2.24) is 4.98 Å². The second kappa shape index (κ2) is 6.32. The highest BCUT2D eigenvalue weighted by molar-refractivity contribution is 6.02. The lowest BCUT2D eigenvalue weighted by Gasteiger charge is -2.05. The van der Waals surface area contributed by atoms with Crippen LogP contribution in [0.3, 0.4) is 0 Å². The molecule has 0 aliphatic rings. The number of rotatable bonds is 6. The van der Waals surface area contributed by atoms with Gasteiger partial charge in [0.05, 0.1) is 11.1 Å². The lowest BCUT2D eigenvalue weighted by atomic mass is 10.0. The average Bonchev–Trinajstić information content (AvgIpc) is 2.42. The molecule has 1 heterocycles. The maximum Gasteiger partial charge on any atom is 0.336 e. The highest BCUT2D eigenvalue weighted by Crippen LogP contribution is 2.19. The van der Waals surface area contributed by atoms with Crippen LogP contribution in [0.2, 0.25) is 0 Å². The zero-order valence-electron chi connectivity index (χ0n) is 11.2. The normalized spacial score (nSPS) is 10.8. The van der Waals surface area contributed by atoms with Gasteiger partial charge in [-0.05, 0) is 36.6 Å². The summed E-state index contributed by atoms with van der Waals surface area (Å²) in [4.78, 5) is 15.6. The van der Waals surface area contributed by atoms with E-state index in [1.807, 2.05) is 18.3 Å². The number of benzene rings is 1. The number of aromatic carboxylic acids is 1. The Morgan fingerprint density at radius 3 is 2.84 bits per heavy atom. The zero-order chi connectivity index (χ0) is 13.7. The SMILES string of the molecule is CCCCCCc1cnc2cccc(C(=O)O)c2c1. The minimum atomic E-state index is -0.893. The topological polar surface area (TPSA) is 50.2 Å². The second-order valence-electron chi connectivity index (χ2n) is 4.83. The largest absolute Gasteiger partial charge is 0.478 e. The molecule has 0 aliphatic heterocycles. The molecule has 3 nitrogen and oxygen atoms in total. The third kappa shape index (κ3) is 3.31. The fraction of sp³-hybridized carbons (Fsp3) is 0.375. The number of nitrogens with zero attached hydrogens (tertiary/aromatic N) is 1. The molecule has 0 unspecified atom stereocenters. The van der Waals surface area contributed by atoms with Gasteiger partial charge >= 0.3 is 5.97 Å². The maximum absolute atomic E-state index is 11.2. The Morgan fingerprint density at radius 2 is 2.11 bits per heavy atom. The predicted octanol–water partition coefficient (Wildman–Crippen LogP) is 4.06. The van der Waals surface area contributed by atoms with E-state index in [1.54, 1.807) is 12.1 Å². The number of unbranched alkanes of at least 4 members (excludes halogenated alkanes) is 3. The Morgan fingerprint density at radius 1 is 1.26 bits per heavy atom. The summed E-state index contributed by atoms with van der Waals surface area (Å²) in [6.07, 6.45) is 7.66. The first-order valence-corrected chi connectivity index (χ1v) is 6.83. The number of carboxylic acids is 1. The van der Waals surface area contributed by atoms with Crippen molar-refractivity contribution in [3.8, 4) is 0 Å². The van der Waals surface area contributed by atoms with Gasteiger partial charge in [-0.3, -0.25) is 4.98 Å². The first-order chi connectivity index (χ1) is 9.22. The summed E-state index contributed by atoms with van der Waals surface area (Å²) in [6.45, 7) is 2.19. The summed E-state index contributed by atoms with van der Waals surface area (Å²) in [7, 11) is 0. The van der Waals surface area contributed by atoms with Gasteiger partial charge in [-0.1, -0.05) is 32.3 Å². The number of aryl methyl sites for hydroxylation is 1. The molecule has 1 aromatic carbocycles. The fourth-order valence-electron chi connectivity index (χ4n) is 2.27. The highest BCUT2D eigenvalue weighted by atomic mass is 16.4. The van der Waals surface area contributed by atoms with Crippen LogP contribution >= 0.6 is 0 Å². The van der Waals surface area contributed by atoms with Crippen LogP contribution in [0.1, 0.15) is 48.5 Å². The van der Waals surface area contributed by atoms with Crippen LogP contribution in [-0.4, -0.2) is 16.1 Å². The van der Waals surface area contributed by atoms with E-state index in [0.717, 1.165) is 29.3 Å². The van der Waals surface area contributed by atoms with Crippen LogP contribution in [-0.2, 0) is 6.42 Å². The van der Waals surface area contributed by atoms with Crippen molar-refractivity contribution < 1.29 is 9.90 Å². The smallest absolute Gasteiger partial charge is 0.336 e. The molecular weight excluding hydrogens is 238 g/mol. The van der Waals surface area contributed by atoms with Crippen LogP contribution in [0.25, 0.3) is 10.9 Å². The quantitative estimate of drug-likeness (QED) is 0.794. The summed E-state index contributed by atoms with van der Waals surface area (Å²) in [5.74, 6) is -0.893. The number of carboxylic acid groups (broad SMARTS) is 1. The Kier molecular flexibility index (Phi) is 4.50. The summed E-state index contributed by atoms with van der Waals surface area (Å²) in [6, 6.07) is 7.19. The van der Waals surface area contributed by atoms with Crippen LogP contribution in [0.5, 0.6) is 0 Å². The number of hydrogen-bond donors (Lipinski definition) is 1. The number of hydrogen-bond acceptors (Lipinski definition) is 2. The van der Waals surface area contributed by atoms with Crippen molar-refractivity contribution in [1.29, 1.82) is 0 Å². The van der Waals surface area contributed by atoms with Gasteiger partial charge in [0.15, 0.2) is 0 Å². The first-order valence-electron chi connectivity index (χ1n) is 6.83. The van der Waals surface area contributed by atoms with E-state index in [-0.39, 0.29) is 0 Å². The van der Waals surface area contributed by atoms with Crippen molar-refractivity contribution in [2.75, 3.05) is 0 Å². The van der Waals surface area contributed by atoms with Gasteiger partial charge in [0.1, 0.15) is 0 Å². The average molecular weight is 257 g/mol. The molecule has 1 N–H and O–H groups in total. The molecule has 0 aliphatic carbocycles. The number of carbonyl (C=O) groups is 1. The minimum absolute atomic E-state index is 0.334. The molecule has 19 heavy (non-hydrogen) atoms. The maximum atomic E-state index is 11.2. The van der Waals surface area contributed by atoms with Crippen molar-refractivity contribution in [3.05, 3.63) is 41.6 Å². The van der Waals surface area contributed by atoms with E-state index in [9.17, 15) is 9.90 Å². The first kappa shape index (κ1) is 13.5. The Bertz CT molecular complexity index is 578. The van der Waals surface area contributed by atoms with Crippen molar-refractivity contribution in [2.45, 2.75) is 39.0 Å². The van der Waals surface area contributed by atoms with Crippen LogP contribution < -0.4 is 0 Å². The molecule has 0 amide bonds. The second-order valence-corrected chi connectivity index (χ2v) is 4.83. The molecule has 100 valence electrons. The predicted molar refractivity (Wildman–Crippen MR) is 76.5 cm³/mol. The van der Waals surface area contributed by atoms with E-state index < -0.39 is 5.97 Å². The third-order valence-electron chi connectivity index (χ3n) is 3.33.